The summed E-state index contributed by atoms with van der Waals surface area (Å²) < 4.78 is 5.58. The topological polar surface area (TPSA) is 54.6 Å². The van der Waals surface area contributed by atoms with Crippen molar-refractivity contribution in [2.75, 3.05) is 0 Å². The van der Waals surface area contributed by atoms with Gasteiger partial charge in [0.2, 0.25) is 0 Å². The Morgan fingerprint density at radius 1 is 1.50 bits per heavy atom. The molecule has 0 saturated carbocycles. The minimum Gasteiger partial charge on any atom is -0.444 e. The van der Waals surface area contributed by atoms with Crippen LogP contribution in [-0.2, 0) is 0 Å². The largest absolute Gasteiger partial charge is 0.444 e. The molecule has 6 heteroatoms. The van der Waals surface area contributed by atoms with Gasteiger partial charge in [0.25, 0.3) is 0 Å². The first-order chi connectivity index (χ1) is 7.75. The van der Waals surface area contributed by atoms with Crippen molar-refractivity contribution in [1.29, 1.82) is 0 Å². The Morgan fingerprint density at radius 2 is 2.38 bits per heavy atom. The SMILES string of the molecule is O=C(N/N=C/c1ccsc1)c1ccc(Br)o1. The second-order valence-corrected chi connectivity index (χ2v) is 4.42. The van der Waals surface area contributed by atoms with E-state index in [4.69, 9.17) is 4.42 Å². The van der Waals surface area contributed by atoms with Gasteiger partial charge in [-0.1, -0.05) is 0 Å². The molecular formula is C10H7BrN2O2S. The third-order valence-corrected chi connectivity index (χ3v) is 2.85. The van der Waals surface area contributed by atoms with E-state index in [1.807, 2.05) is 16.8 Å². The lowest BCUT2D eigenvalue weighted by Gasteiger charge is -1.93. The predicted molar refractivity (Wildman–Crippen MR) is 65.8 cm³/mol. The van der Waals surface area contributed by atoms with Crippen molar-refractivity contribution in [2.24, 2.45) is 5.10 Å². The monoisotopic (exact) mass is 298 g/mol. The standard InChI is InChI=1S/C10H7BrN2O2S/c11-9-2-1-8(15-9)10(14)13-12-5-7-3-4-16-6-7/h1-6H,(H,13,14)/b12-5+. The molecule has 0 aromatic carbocycles. The second kappa shape index (κ2) is 5.09. The number of nitrogens with one attached hydrogen (secondary N) is 1. The summed E-state index contributed by atoms with van der Waals surface area (Å²) in [7, 11) is 0. The average Bonchev–Trinajstić information content (AvgIpc) is 2.89. The van der Waals surface area contributed by atoms with Gasteiger partial charge in [-0.25, -0.2) is 5.43 Å². The molecule has 0 aliphatic heterocycles. The first-order valence-electron chi connectivity index (χ1n) is 4.36. The van der Waals surface area contributed by atoms with Crippen molar-refractivity contribution >= 4 is 39.4 Å². The van der Waals surface area contributed by atoms with Gasteiger partial charge in [0.05, 0.1) is 6.21 Å². The van der Waals surface area contributed by atoms with E-state index in [-0.39, 0.29) is 11.7 Å². The van der Waals surface area contributed by atoms with Crippen LogP contribution in [0.25, 0.3) is 0 Å². The minimum atomic E-state index is -0.378. The van der Waals surface area contributed by atoms with Crippen LogP contribution in [0.15, 0.2) is 43.1 Å². The summed E-state index contributed by atoms with van der Waals surface area (Å²) in [4.78, 5) is 11.4. The Kier molecular flexibility index (Phi) is 3.53. The van der Waals surface area contributed by atoms with Gasteiger partial charge in [-0.2, -0.15) is 16.4 Å². The summed E-state index contributed by atoms with van der Waals surface area (Å²) in [5.74, 6) is -0.161. The number of carbonyl (C=O) groups excluding carboxylic acids is 1. The lowest BCUT2D eigenvalue weighted by Crippen LogP contribution is -2.16. The van der Waals surface area contributed by atoms with Crippen molar-refractivity contribution < 1.29 is 9.21 Å². The predicted octanol–water partition coefficient (Wildman–Crippen LogP) is 2.87. The van der Waals surface area contributed by atoms with Crippen molar-refractivity contribution in [1.82, 2.24) is 5.43 Å². The lowest BCUT2D eigenvalue weighted by molar-refractivity contribution is 0.0926. The number of furan rings is 1. The number of nitrogens with zero attached hydrogens (tertiary/aromatic N) is 1. The maximum absolute atomic E-state index is 11.4. The highest BCUT2D eigenvalue weighted by molar-refractivity contribution is 9.10. The van der Waals surface area contributed by atoms with E-state index in [1.165, 1.54) is 0 Å². The zero-order valence-corrected chi connectivity index (χ0v) is 10.4. The molecule has 0 aliphatic rings. The summed E-state index contributed by atoms with van der Waals surface area (Å²) in [6, 6.07) is 5.13. The van der Waals surface area contributed by atoms with Gasteiger partial charge in [-0.3, -0.25) is 4.79 Å². The third-order valence-electron chi connectivity index (χ3n) is 1.72. The van der Waals surface area contributed by atoms with Crippen molar-refractivity contribution in [2.45, 2.75) is 0 Å². The van der Waals surface area contributed by atoms with Crippen LogP contribution in [0.5, 0.6) is 0 Å². The highest BCUT2D eigenvalue weighted by Crippen LogP contribution is 2.13. The number of halogens is 1. The van der Waals surface area contributed by atoms with E-state index in [2.05, 4.69) is 26.5 Å². The fraction of sp³-hybridized carbons (Fsp3) is 0. The van der Waals surface area contributed by atoms with Gasteiger partial charge in [-0.15, -0.1) is 0 Å². The minimum absolute atomic E-state index is 0.217. The van der Waals surface area contributed by atoms with Gasteiger partial charge >= 0.3 is 5.91 Å². The fourth-order valence-electron chi connectivity index (χ4n) is 1.01. The number of carbonyl (C=O) groups is 1. The van der Waals surface area contributed by atoms with Crippen LogP contribution in [0.1, 0.15) is 16.1 Å². The molecule has 1 amide bonds. The Balaban J connectivity index is 1.94. The van der Waals surface area contributed by atoms with Crippen LogP contribution in [-0.4, -0.2) is 12.1 Å². The van der Waals surface area contributed by atoms with Gasteiger partial charge in [-0.05, 0) is 44.9 Å². The number of hydrogen-bond acceptors (Lipinski definition) is 4. The van der Waals surface area contributed by atoms with E-state index < -0.39 is 0 Å². The molecule has 2 rings (SSSR count). The maximum Gasteiger partial charge on any atom is 0.307 e. The summed E-state index contributed by atoms with van der Waals surface area (Å²) in [5, 5.41) is 7.67. The number of amides is 1. The van der Waals surface area contributed by atoms with E-state index >= 15 is 0 Å². The van der Waals surface area contributed by atoms with Crippen LogP contribution in [0, 0.1) is 0 Å². The van der Waals surface area contributed by atoms with Crippen molar-refractivity contribution in [3.63, 3.8) is 0 Å². The number of rotatable bonds is 3. The number of hydrazone groups is 1. The Hall–Kier alpha value is -1.40. The molecule has 0 aliphatic carbocycles. The molecule has 82 valence electrons. The second-order valence-electron chi connectivity index (χ2n) is 2.86. The maximum atomic E-state index is 11.4. The molecule has 2 aromatic rings. The van der Waals surface area contributed by atoms with Crippen LogP contribution >= 0.6 is 27.3 Å². The van der Waals surface area contributed by atoms with Crippen molar-refractivity contribution in [3.8, 4) is 0 Å². The molecule has 2 heterocycles. The van der Waals surface area contributed by atoms with Gasteiger partial charge < -0.3 is 4.42 Å². The summed E-state index contributed by atoms with van der Waals surface area (Å²) in [6.07, 6.45) is 1.58. The smallest absolute Gasteiger partial charge is 0.307 e. The highest BCUT2D eigenvalue weighted by atomic mass is 79.9. The third kappa shape index (κ3) is 2.80. The van der Waals surface area contributed by atoms with Gasteiger partial charge in [0.1, 0.15) is 0 Å². The average molecular weight is 299 g/mol. The molecule has 0 radical (unpaired) electrons. The molecular weight excluding hydrogens is 292 g/mol. The normalized spacial score (nSPS) is 10.8. The van der Waals surface area contributed by atoms with E-state index in [0.29, 0.717) is 4.67 Å². The molecule has 0 unspecified atom stereocenters. The van der Waals surface area contributed by atoms with Crippen LogP contribution in [0.4, 0.5) is 0 Å². The summed E-state index contributed by atoms with van der Waals surface area (Å²) >= 11 is 4.69. The van der Waals surface area contributed by atoms with Crippen LogP contribution in [0.3, 0.4) is 0 Å². The number of hydrogen-bond donors (Lipinski definition) is 1. The van der Waals surface area contributed by atoms with Crippen molar-refractivity contribution in [3.05, 3.63) is 45.0 Å². The van der Waals surface area contributed by atoms with Gasteiger partial charge in [0.15, 0.2) is 10.4 Å². The zero-order chi connectivity index (χ0) is 11.4. The Labute approximate surface area is 104 Å². The molecule has 4 nitrogen and oxygen atoms in total. The molecule has 0 fully saturated rings. The molecule has 2 aromatic heterocycles. The van der Waals surface area contributed by atoms with Crippen LogP contribution < -0.4 is 5.43 Å². The molecule has 1 N–H and O–H groups in total. The van der Waals surface area contributed by atoms with Gasteiger partial charge in [0, 0.05) is 5.56 Å². The number of thiophene rings is 1. The summed E-state index contributed by atoms with van der Waals surface area (Å²) in [6.45, 7) is 0. The summed E-state index contributed by atoms with van der Waals surface area (Å²) in [5.41, 5.74) is 3.32. The zero-order valence-electron chi connectivity index (χ0n) is 8.01. The quantitative estimate of drug-likeness (QED) is 0.700. The van der Waals surface area contributed by atoms with E-state index in [9.17, 15) is 4.79 Å². The van der Waals surface area contributed by atoms with Crippen LogP contribution in [0.2, 0.25) is 0 Å². The Bertz CT molecular complexity index is 505. The fourth-order valence-corrected chi connectivity index (χ4v) is 1.92. The molecule has 0 spiro atoms. The first kappa shape index (κ1) is 11.1. The lowest BCUT2D eigenvalue weighted by atomic mass is 10.4. The molecule has 0 saturated heterocycles. The molecule has 0 bridgehead atoms. The van der Waals surface area contributed by atoms with E-state index in [1.54, 1.807) is 29.7 Å². The molecule has 16 heavy (non-hydrogen) atoms. The first-order valence-corrected chi connectivity index (χ1v) is 6.10. The Morgan fingerprint density at radius 3 is 3.00 bits per heavy atom. The van der Waals surface area contributed by atoms with E-state index in [0.717, 1.165) is 5.56 Å². The highest BCUT2D eigenvalue weighted by Gasteiger charge is 2.08. The molecule has 0 atom stereocenters.